The predicted molar refractivity (Wildman–Crippen MR) is 107 cm³/mol. The Morgan fingerprint density at radius 1 is 1.14 bits per heavy atom. The van der Waals surface area contributed by atoms with Crippen LogP contribution in [0, 0.1) is 11.3 Å². The summed E-state index contributed by atoms with van der Waals surface area (Å²) < 4.78 is 10.6. The van der Waals surface area contributed by atoms with Crippen molar-refractivity contribution in [3.63, 3.8) is 0 Å². The molecule has 1 aliphatic rings. The van der Waals surface area contributed by atoms with Crippen LogP contribution in [0.3, 0.4) is 0 Å². The number of H-pyrrole nitrogens is 1. The molecule has 0 saturated heterocycles. The number of ether oxygens (including phenoxy) is 2. The van der Waals surface area contributed by atoms with Crippen LogP contribution in [0.1, 0.15) is 27.2 Å². The molecule has 0 unspecified atom stereocenters. The van der Waals surface area contributed by atoms with Gasteiger partial charge in [-0.2, -0.15) is 10.4 Å². The van der Waals surface area contributed by atoms with Crippen molar-refractivity contribution in [1.29, 1.82) is 5.26 Å². The molecule has 146 valence electrons. The van der Waals surface area contributed by atoms with Crippen molar-refractivity contribution < 1.29 is 14.3 Å². The van der Waals surface area contributed by atoms with Crippen molar-refractivity contribution in [3.05, 3.63) is 64.8 Å². The van der Waals surface area contributed by atoms with Crippen LogP contribution in [0.2, 0.25) is 0 Å². The molecule has 0 atom stereocenters. The summed E-state index contributed by atoms with van der Waals surface area (Å²) in [6.07, 6.45) is 0.706. The highest BCUT2D eigenvalue weighted by Gasteiger charge is 2.27. The van der Waals surface area contributed by atoms with E-state index in [0.717, 1.165) is 22.5 Å². The van der Waals surface area contributed by atoms with E-state index in [-0.39, 0.29) is 5.91 Å². The van der Waals surface area contributed by atoms with Crippen molar-refractivity contribution in [2.75, 3.05) is 20.8 Å². The van der Waals surface area contributed by atoms with Gasteiger partial charge in [0.2, 0.25) is 0 Å². The van der Waals surface area contributed by atoms with Gasteiger partial charge in [-0.25, -0.2) is 0 Å². The predicted octanol–water partition coefficient (Wildman–Crippen LogP) is 3.16. The van der Waals surface area contributed by atoms with E-state index in [1.54, 1.807) is 44.6 Å². The highest BCUT2D eigenvalue weighted by Crippen LogP contribution is 2.31. The lowest BCUT2D eigenvalue weighted by Gasteiger charge is -2.27. The quantitative estimate of drug-likeness (QED) is 0.741. The molecule has 0 radical (unpaired) electrons. The smallest absolute Gasteiger partial charge is 0.254 e. The summed E-state index contributed by atoms with van der Waals surface area (Å²) in [7, 11) is 3.11. The van der Waals surface area contributed by atoms with Crippen molar-refractivity contribution >= 4 is 5.91 Å². The van der Waals surface area contributed by atoms with Crippen LogP contribution in [0.5, 0.6) is 11.5 Å². The fourth-order valence-corrected chi connectivity index (χ4v) is 3.56. The zero-order valence-electron chi connectivity index (χ0n) is 16.2. The summed E-state index contributed by atoms with van der Waals surface area (Å²) >= 11 is 0. The molecule has 7 nitrogen and oxygen atoms in total. The lowest BCUT2D eigenvalue weighted by Crippen LogP contribution is -2.35. The maximum absolute atomic E-state index is 13.1. The number of carbonyl (C=O) groups excluding carboxylic acids is 1. The van der Waals surface area contributed by atoms with Gasteiger partial charge in [0.25, 0.3) is 5.91 Å². The maximum Gasteiger partial charge on any atom is 0.254 e. The minimum Gasteiger partial charge on any atom is -0.493 e. The van der Waals surface area contributed by atoms with Gasteiger partial charge in [-0.1, -0.05) is 12.1 Å². The number of aromatic nitrogens is 2. The molecule has 7 heteroatoms. The number of hydrogen-bond donors (Lipinski definition) is 1. The van der Waals surface area contributed by atoms with Crippen LogP contribution >= 0.6 is 0 Å². The second kappa shape index (κ2) is 7.68. The minimum atomic E-state index is -0.0661. The van der Waals surface area contributed by atoms with Gasteiger partial charge in [-0.3, -0.25) is 9.89 Å². The van der Waals surface area contributed by atoms with E-state index in [9.17, 15) is 4.79 Å². The third-order valence-corrected chi connectivity index (χ3v) is 5.14. The van der Waals surface area contributed by atoms with Gasteiger partial charge in [0.1, 0.15) is 0 Å². The summed E-state index contributed by atoms with van der Waals surface area (Å²) in [5.41, 5.74) is 4.93. The molecule has 2 aromatic carbocycles. The molecule has 0 saturated carbocycles. The lowest BCUT2D eigenvalue weighted by molar-refractivity contribution is 0.0734. The first kappa shape index (κ1) is 18.6. The van der Waals surface area contributed by atoms with Crippen LogP contribution < -0.4 is 9.47 Å². The van der Waals surface area contributed by atoms with Crippen LogP contribution in [-0.2, 0) is 13.0 Å². The first-order valence-corrected chi connectivity index (χ1v) is 9.22. The highest BCUT2D eigenvalue weighted by molar-refractivity contribution is 5.95. The Morgan fingerprint density at radius 2 is 1.90 bits per heavy atom. The molecule has 2 heterocycles. The van der Waals surface area contributed by atoms with E-state index >= 15 is 0 Å². The molecular weight excluding hydrogens is 368 g/mol. The molecule has 1 aliphatic heterocycles. The molecule has 1 aromatic heterocycles. The molecule has 0 spiro atoms. The lowest BCUT2D eigenvalue weighted by atomic mass is 9.99. The average molecular weight is 388 g/mol. The number of hydrogen-bond acceptors (Lipinski definition) is 5. The zero-order chi connectivity index (χ0) is 20.4. The molecule has 4 rings (SSSR count). The monoisotopic (exact) mass is 388 g/mol. The summed E-state index contributed by atoms with van der Waals surface area (Å²) in [5.74, 6) is 1.05. The Morgan fingerprint density at radius 3 is 2.59 bits per heavy atom. The number of nitriles is 1. The van der Waals surface area contributed by atoms with Crippen LogP contribution in [0.25, 0.3) is 11.3 Å². The van der Waals surface area contributed by atoms with Crippen molar-refractivity contribution in [3.8, 4) is 28.8 Å². The molecule has 1 N–H and O–H groups in total. The summed E-state index contributed by atoms with van der Waals surface area (Å²) in [4.78, 5) is 14.9. The molecule has 1 amide bonds. The third-order valence-electron chi connectivity index (χ3n) is 5.14. The van der Waals surface area contributed by atoms with Crippen molar-refractivity contribution in [1.82, 2.24) is 15.1 Å². The number of nitrogens with one attached hydrogen (secondary N) is 1. The average Bonchev–Trinajstić information content (AvgIpc) is 3.21. The van der Waals surface area contributed by atoms with Gasteiger partial charge >= 0.3 is 0 Å². The van der Waals surface area contributed by atoms with Gasteiger partial charge < -0.3 is 14.4 Å². The summed E-state index contributed by atoms with van der Waals surface area (Å²) in [6.45, 7) is 1.07. The first-order valence-electron chi connectivity index (χ1n) is 9.22. The van der Waals surface area contributed by atoms with E-state index in [0.29, 0.717) is 42.1 Å². The topological polar surface area (TPSA) is 91.2 Å². The number of aromatic amines is 1. The van der Waals surface area contributed by atoms with E-state index in [1.165, 1.54) is 0 Å². The van der Waals surface area contributed by atoms with E-state index < -0.39 is 0 Å². The molecule has 0 fully saturated rings. The third kappa shape index (κ3) is 3.41. The largest absolute Gasteiger partial charge is 0.493 e. The molecular formula is C22H20N4O3. The van der Waals surface area contributed by atoms with Gasteiger partial charge in [-0.05, 0) is 30.3 Å². The van der Waals surface area contributed by atoms with Crippen molar-refractivity contribution in [2.45, 2.75) is 13.0 Å². The Balaban J connectivity index is 1.61. The Kier molecular flexibility index (Phi) is 4.92. The Bertz CT molecular complexity index is 1100. The fraction of sp³-hybridized carbons (Fsp3) is 0.227. The Hall–Kier alpha value is -3.79. The van der Waals surface area contributed by atoms with E-state index in [2.05, 4.69) is 16.3 Å². The second-order valence-corrected chi connectivity index (χ2v) is 6.76. The molecule has 0 bridgehead atoms. The van der Waals surface area contributed by atoms with Crippen molar-refractivity contribution in [2.24, 2.45) is 0 Å². The van der Waals surface area contributed by atoms with Gasteiger partial charge in [0, 0.05) is 41.9 Å². The maximum atomic E-state index is 13.1. The van der Waals surface area contributed by atoms with Gasteiger partial charge in [-0.15, -0.1) is 0 Å². The summed E-state index contributed by atoms with van der Waals surface area (Å²) in [5, 5.41) is 16.5. The van der Waals surface area contributed by atoms with Crippen LogP contribution in [-0.4, -0.2) is 41.8 Å². The van der Waals surface area contributed by atoms with Gasteiger partial charge in [0.15, 0.2) is 11.5 Å². The number of nitrogens with zero attached hydrogens (tertiary/aromatic N) is 3. The Labute approximate surface area is 168 Å². The zero-order valence-corrected chi connectivity index (χ0v) is 16.2. The molecule has 3 aromatic rings. The number of fused-ring (bicyclic) bond motifs is 1. The number of methoxy groups -OCH3 is 2. The fourth-order valence-electron chi connectivity index (χ4n) is 3.56. The standard InChI is InChI=1S/C22H20N4O3/c1-28-19-8-7-16(11-20(19)29-2)22(27)26-10-9-18-17(13-26)21(25-24-18)15-5-3-14(12-23)4-6-15/h3-8,11H,9-10,13H2,1-2H3,(H,24,25). The molecule has 0 aliphatic carbocycles. The number of carbonyl (C=O) groups is 1. The normalized spacial score (nSPS) is 12.8. The first-order chi connectivity index (χ1) is 14.1. The van der Waals surface area contributed by atoms with Crippen LogP contribution in [0.4, 0.5) is 0 Å². The second-order valence-electron chi connectivity index (χ2n) is 6.76. The van der Waals surface area contributed by atoms with E-state index in [1.807, 2.05) is 17.0 Å². The van der Waals surface area contributed by atoms with E-state index in [4.69, 9.17) is 14.7 Å². The number of rotatable bonds is 4. The van der Waals surface area contributed by atoms with Gasteiger partial charge in [0.05, 0.1) is 31.5 Å². The molecule has 29 heavy (non-hydrogen) atoms. The summed E-state index contributed by atoms with van der Waals surface area (Å²) in [6, 6.07) is 14.6. The number of benzene rings is 2. The minimum absolute atomic E-state index is 0.0661. The SMILES string of the molecule is COc1ccc(C(=O)N2CCc3[nH]nc(-c4ccc(C#N)cc4)c3C2)cc1OC. The van der Waals surface area contributed by atoms with Crippen LogP contribution in [0.15, 0.2) is 42.5 Å². The number of amides is 1. The highest BCUT2D eigenvalue weighted by atomic mass is 16.5.